The molecule has 9 nitrogen and oxygen atoms in total. The zero-order valence-electron chi connectivity index (χ0n) is 22.4. The van der Waals surface area contributed by atoms with Gasteiger partial charge in [0.15, 0.2) is 5.82 Å². The van der Waals surface area contributed by atoms with Gasteiger partial charge in [-0.15, -0.1) is 0 Å². The van der Waals surface area contributed by atoms with Crippen LogP contribution in [0.25, 0.3) is 0 Å². The maximum atomic E-state index is 13.1. The van der Waals surface area contributed by atoms with Gasteiger partial charge >= 0.3 is 0 Å². The van der Waals surface area contributed by atoms with Crippen molar-refractivity contribution in [2.24, 2.45) is 0 Å². The van der Waals surface area contributed by atoms with Gasteiger partial charge in [0.05, 0.1) is 16.5 Å². The first-order chi connectivity index (χ1) is 19.2. The molecule has 0 aliphatic carbocycles. The monoisotopic (exact) mass is 573 g/mol. The number of nitrogen functional groups attached to an aromatic ring is 1. The molecule has 0 amide bonds. The first kappa shape index (κ1) is 27.6. The summed E-state index contributed by atoms with van der Waals surface area (Å²) in [5.41, 5.74) is 10.5. The molecule has 40 heavy (non-hydrogen) atoms. The molecular formula is C29H31N7O2S2. The lowest BCUT2D eigenvalue weighted by atomic mass is 9.91. The van der Waals surface area contributed by atoms with E-state index in [-0.39, 0.29) is 10.8 Å². The van der Waals surface area contributed by atoms with E-state index in [1.54, 1.807) is 0 Å². The Balaban J connectivity index is 1.32. The molecule has 1 aliphatic heterocycles. The number of sulfonamides is 1. The number of hydrogen-bond donors (Lipinski definition) is 1. The predicted molar refractivity (Wildman–Crippen MR) is 159 cm³/mol. The molecule has 5 rings (SSSR count). The van der Waals surface area contributed by atoms with Gasteiger partial charge in [-0.2, -0.15) is 13.9 Å². The average Bonchev–Trinajstić information content (AvgIpc) is 3.47. The highest BCUT2D eigenvalue weighted by molar-refractivity contribution is 7.89. The van der Waals surface area contributed by atoms with Crippen LogP contribution in [-0.2, 0) is 16.4 Å². The molecule has 1 atom stereocenters. The van der Waals surface area contributed by atoms with Crippen LogP contribution < -0.4 is 15.5 Å². The average molecular weight is 574 g/mol. The lowest BCUT2D eigenvalue weighted by molar-refractivity contribution is 0.384. The van der Waals surface area contributed by atoms with Gasteiger partial charge in [0.2, 0.25) is 15.2 Å². The van der Waals surface area contributed by atoms with Gasteiger partial charge in [-0.1, -0.05) is 24.3 Å². The molecule has 0 saturated carbocycles. The van der Waals surface area contributed by atoms with E-state index in [2.05, 4.69) is 34.1 Å². The summed E-state index contributed by atoms with van der Waals surface area (Å²) in [5.74, 6) is 0.697. The SMILES string of the molecule is CN(C)c1ccc(CC(c2ccc(N)cc2)c2nsc(N3CCN(S(=O)(=O)c4ccc(C#N)cc4)CC3)n2)cc1. The summed E-state index contributed by atoms with van der Waals surface area (Å²) < 4.78 is 32.5. The summed E-state index contributed by atoms with van der Waals surface area (Å²) >= 11 is 1.34. The summed E-state index contributed by atoms with van der Waals surface area (Å²) in [7, 11) is 0.414. The predicted octanol–water partition coefficient (Wildman–Crippen LogP) is 3.94. The molecule has 4 aromatic rings. The molecule has 0 radical (unpaired) electrons. The standard InChI is InChI=1S/C29H31N7O2S2/c1-34(2)25-11-3-21(4-12-25)19-27(23-7-9-24(31)10-8-23)28-32-29(39-33-28)35-15-17-36(18-16-35)40(37,38)26-13-5-22(20-30)6-14-26/h3-14,27H,15-19,31H2,1-2H3. The molecule has 206 valence electrons. The zero-order chi connectivity index (χ0) is 28.3. The van der Waals surface area contributed by atoms with Crippen molar-refractivity contribution in [3.05, 3.63) is 95.3 Å². The minimum atomic E-state index is -3.63. The van der Waals surface area contributed by atoms with Gasteiger partial charge in [-0.05, 0) is 66.1 Å². The number of hydrogen-bond acceptors (Lipinski definition) is 9. The van der Waals surface area contributed by atoms with E-state index in [1.165, 1.54) is 45.7 Å². The zero-order valence-corrected chi connectivity index (χ0v) is 24.1. The van der Waals surface area contributed by atoms with Crippen LogP contribution in [0.15, 0.2) is 77.7 Å². The number of piperazine rings is 1. The van der Waals surface area contributed by atoms with E-state index in [9.17, 15) is 8.42 Å². The van der Waals surface area contributed by atoms with Crippen molar-refractivity contribution in [3.8, 4) is 6.07 Å². The van der Waals surface area contributed by atoms with Crippen molar-refractivity contribution in [1.82, 2.24) is 13.7 Å². The third-order valence-corrected chi connectivity index (χ3v) is 9.81. The largest absolute Gasteiger partial charge is 0.399 e. The highest BCUT2D eigenvalue weighted by Crippen LogP contribution is 2.32. The van der Waals surface area contributed by atoms with E-state index in [1.807, 2.05) is 44.4 Å². The molecular weight excluding hydrogens is 543 g/mol. The van der Waals surface area contributed by atoms with E-state index in [4.69, 9.17) is 20.4 Å². The van der Waals surface area contributed by atoms with Crippen LogP contribution in [0.2, 0.25) is 0 Å². The maximum Gasteiger partial charge on any atom is 0.243 e. The highest BCUT2D eigenvalue weighted by Gasteiger charge is 2.30. The van der Waals surface area contributed by atoms with Crippen LogP contribution in [0.3, 0.4) is 0 Å². The molecule has 2 heterocycles. The van der Waals surface area contributed by atoms with E-state index in [0.717, 1.165) is 28.6 Å². The molecule has 0 bridgehead atoms. The first-order valence-electron chi connectivity index (χ1n) is 12.9. The Hall–Kier alpha value is -3.98. The Labute approximate surface area is 239 Å². The molecule has 0 spiro atoms. The second-order valence-corrected chi connectivity index (χ2v) is 12.6. The Bertz CT molecular complexity index is 1590. The lowest BCUT2D eigenvalue weighted by Crippen LogP contribution is -2.48. The number of anilines is 3. The van der Waals surface area contributed by atoms with Crippen molar-refractivity contribution < 1.29 is 8.42 Å². The van der Waals surface area contributed by atoms with Gasteiger partial charge < -0.3 is 15.5 Å². The fourth-order valence-electron chi connectivity index (χ4n) is 4.72. The van der Waals surface area contributed by atoms with Crippen molar-refractivity contribution in [2.75, 3.05) is 55.8 Å². The van der Waals surface area contributed by atoms with Crippen LogP contribution in [-0.4, -0.2) is 62.4 Å². The molecule has 1 aliphatic rings. The quantitative estimate of drug-likeness (QED) is 0.315. The second-order valence-electron chi connectivity index (χ2n) is 9.95. The third-order valence-electron chi connectivity index (χ3n) is 7.10. The molecule has 1 fully saturated rings. The Morgan fingerprint density at radius 3 is 2.23 bits per heavy atom. The lowest BCUT2D eigenvalue weighted by Gasteiger charge is -2.33. The summed E-state index contributed by atoms with van der Waals surface area (Å²) in [6, 6.07) is 24.4. The fourth-order valence-corrected chi connectivity index (χ4v) is 6.92. The Morgan fingerprint density at radius 2 is 1.62 bits per heavy atom. The van der Waals surface area contributed by atoms with Crippen molar-refractivity contribution >= 4 is 38.1 Å². The van der Waals surface area contributed by atoms with Gasteiger partial charge in [0.1, 0.15) is 0 Å². The first-order valence-corrected chi connectivity index (χ1v) is 15.2. The van der Waals surface area contributed by atoms with Gasteiger partial charge in [0, 0.05) is 69.1 Å². The number of nitrogens with two attached hydrogens (primary N) is 1. The summed E-state index contributed by atoms with van der Waals surface area (Å²) in [6.45, 7) is 1.72. The van der Waals surface area contributed by atoms with Crippen molar-refractivity contribution in [1.29, 1.82) is 5.26 Å². The summed E-state index contributed by atoms with van der Waals surface area (Å²) in [6.07, 6.45) is 0.740. The molecule has 11 heteroatoms. The topological polar surface area (TPSA) is 119 Å². The maximum absolute atomic E-state index is 13.1. The normalized spacial score (nSPS) is 15.0. The van der Waals surface area contributed by atoms with Gasteiger partial charge in [-0.25, -0.2) is 13.4 Å². The Kier molecular flexibility index (Phi) is 8.02. The van der Waals surface area contributed by atoms with E-state index in [0.29, 0.717) is 37.4 Å². The van der Waals surface area contributed by atoms with E-state index < -0.39 is 10.0 Å². The number of rotatable bonds is 8. The minimum absolute atomic E-state index is 0.0474. The second kappa shape index (κ2) is 11.6. The van der Waals surface area contributed by atoms with Crippen molar-refractivity contribution in [2.45, 2.75) is 17.2 Å². The van der Waals surface area contributed by atoms with E-state index >= 15 is 0 Å². The van der Waals surface area contributed by atoms with Crippen molar-refractivity contribution in [3.63, 3.8) is 0 Å². The molecule has 1 aromatic heterocycles. The number of nitrogens with zero attached hydrogens (tertiary/aromatic N) is 6. The molecule has 1 saturated heterocycles. The minimum Gasteiger partial charge on any atom is -0.399 e. The van der Waals surface area contributed by atoms with Crippen LogP contribution >= 0.6 is 11.5 Å². The van der Waals surface area contributed by atoms with Gasteiger partial charge in [0.25, 0.3) is 0 Å². The van der Waals surface area contributed by atoms with Crippen LogP contribution in [0.1, 0.15) is 28.4 Å². The van der Waals surface area contributed by atoms with Crippen LogP contribution in [0, 0.1) is 11.3 Å². The Morgan fingerprint density at radius 1 is 0.975 bits per heavy atom. The number of aromatic nitrogens is 2. The summed E-state index contributed by atoms with van der Waals surface area (Å²) in [5, 5.41) is 9.78. The third kappa shape index (κ3) is 5.94. The number of nitriles is 1. The molecule has 1 unspecified atom stereocenters. The number of benzene rings is 3. The smallest absolute Gasteiger partial charge is 0.243 e. The van der Waals surface area contributed by atoms with Crippen LogP contribution in [0.4, 0.5) is 16.5 Å². The molecule has 2 N–H and O–H groups in total. The van der Waals surface area contributed by atoms with Crippen LogP contribution in [0.5, 0.6) is 0 Å². The highest BCUT2D eigenvalue weighted by atomic mass is 32.2. The summed E-state index contributed by atoms with van der Waals surface area (Å²) in [4.78, 5) is 9.30. The molecule has 3 aromatic carbocycles. The van der Waals surface area contributed by atoms with Gasteiger partial charge in [-0.3, -0.25) is 0 Å². The fraction of sp³-hybridized carbons (Fsp3) is 0.276.